The molecule has 9 nitrogen and oxygen atoms in total. The predicted octanol–water partition coefficient (Wildman–Crippen LogP) is 8.17. The van der Waals surface area contributed by atoms with Gasteiger partial charge in [0.15, 0.2) is 5.76 Å². The highest BCUT2D eigenvalue weighted by Gasteiger charge is 2.17. The fraction of sp³-hybridized carbons (Fsp3) is 0.118. The van der Waals surface area contributed by atoms with Crippen molar-refractivity contribution in [1.82, 2.24) is 14.6 Å². The van der Waals surface area contributed by atoms with E-state index in [-0.39, 0.29) is 0 Å². The van der Waals surface area contributed by atoms with Crippen molar-refractivity contribution in [3.05, 3.63) is 114 Å². The minimum Gasteiger partial charge on any atom is -0.496 e. The summed E-state index contributed by atoms with van der Waals surface area (Å²) in [6.45, 7) is 0.725. The number of nitrogens with zero attached hydrogens (tertiary/aromatic N) is 3. The van der Waals surface area contributed by atoms with Crippen LogP contribution in [0.4, 0.5) is 0 Å². The van der Waals surface area contributed by atoms with Gasteiger partial charge in [-0.15, -0.1) is 5.10 Å². The maximum Gasteiger partial charge on any atom is 0.294 e. The number of para-hydroxylation sites is 1. The molecule has 3 aromatic heterocycles. The normalized spacial score (nSPS) is 11.1. The molecule has 0 atom stereocenters. The summed E-state index contributed by atoms with van der Waals surface area (Å²) in [6, 6.07) is 31.0. The van der Waals surface area contributed by atoms with Crippen molar-refractivity contribution in [2.45, 2.75) is 13.2 Å². The number of ether oxygens (including phenoxy) is 5. The molecule has 0 aliphatic carbocycles. The Morgan fingerprint density at radius 3 is 2.25 bits per heavy atom. The molecular formula is C34H27N3O6S. The molecule has 0 N–H and O–H groups in total. The molecule has 220 valence electrons. The zero-order valence-electron chi connectivity index (χ0n) is 23.9. The quantitative estimate of drug-likeness (QED) is 0.146. The molecular weight excluding hydrogens is 578 g/mol. The number of fused-ring (bicyclic) bond motifs is 2. The maximum absolute atomic E-state index is 6.30. The number of furan rings is 1. The van der Waals surface area contributed by atoms with E-state index < -0.39 is 0 Å². The minimum absolute atomic E-state index is 0.324. The van der Waals surface area contributed by atoms with Crippen molar-refractivity contribution in [3.8, 4) is 45.4 Å². The molecule has 3 heterocycles. The summed E-state index contributed by atoms with van der Waals surface area (Å²) in [4.78, 5) is 5.35. The summed E-state index contributed by atoms with van der Waals surface area (Å²) >= 11 is 1.35. The molecule has 0 spiro atoms. The summed E-state index contributed by atoms with van der Waals surface area (Å²) in [5.74, 6) is 4.15. The summed E-state index contributed by atoms with van der Waals surface area (Å²) in [6.07, 6.45) is 1.81. The molecule has 0 fully saturated rings. The summed E-state index contributed by atoms with van der Waals surface area (Å²) in [5, 5.41) is 5.70. The zero-order valence-corrected chi connectivity index (χ0v) is 24.7. The number of imidazole rings is 1. The standard InChI is InChI=1S/C34H27N3O6S/c1-38-27-16-30(28-18-32(43-31(28)17-27)29-19-37-33(35-29)44-34(36-37)39-2)41-21-22-8-6-12-25(14-22)40-20-23-9-7-13-26(15-23)42-24-10-4-3-5-11-24/h3-19H,20-21H2,1-2H3. The Hall–Kier alpha value is -5.48. The van der Waals surface area contributed by atoms with Gasteiger partial charge in [0.2, 0.25) is 4.96 Å². The van der Waals surface area contributed by atoms with Crippen LogP contribution in [0.2, 0.25) is 0 Å². The lowest BCUT2D eigenvalue weighted by Gasteiger charge is -2.12. The molecule has 44 heavy (non-hydrogen) atoms. The number of rotatable bonds is 11. The van der Waals surface area contributed by atoms with Crippen LogP contribution in [0, 0.1) is 0 Å². The van der Waals surface area contributed by atoms with Gasteiger partial charge in [0.1, 0.15) is 53.2 Å². The van der Waals surface area contributed by atoms with Crippen LogP contribution in [-0.2, 0) is 13.2 Å². The van der Waals surface area contributed by atoms with Crippen molar-refractivity contribution in [2.75, 3.05) is 14.2 Å². The van der Waals surface area contributed by atoms with Crippen LogP contribution in [-0.4, -0.2) is 28.8 Å². The van der Waals surface area contributed by atoms with E-state index in [4.69, 9.17) is 28.1 Å². The van der Waals surface area contributed by atoms with E-state index in [1.165, 1.54) is 11.3 Å². The average Bonchev–Trinajstić information content (AvgIpc) is 3.77. The fourth-order valence-corrected chi connectivity index (χ4v) is 5.40. The topological polar surface area (TPSA) is 89.5 Å². The molecule has 0 unspecified atom stereocenters. The molecule has 0 saturated heterocycles. The Morgan fingerprint density at radius 2 is 1.48 bits per heavy atom. The molecule has 7 rings (SSSR count). The largest absolute Gasteiger partial charge is 0.496 e. The molecule has 10 heteroatoms. The minimum atomic E-state index is 0.324. The third-order valence-electron chi connectivity index (χ3n) is 6.84. The fourth-order valence-electron chi connectivity index (χ4n) is 4.71. The monoisotopic (exact) mass is 605 g/mol. The van der Waals surface area contributed by atoms with Crippen molar-refractivity contribution in [2.24, 2.45) is 0 Å². The third kappa shape index (κ3) is 5.88. The van der Waals surface area contributed by atoms with Crippen LogP contribution < -0.4 is 23.7 Å². The van der Waals surface area contributed by atoms with Crippen LogP contribution in [0.25, 0.3) is 27.4 Å². The number of methoxy groups -OCH3 is 2. The number of hydrogen-bond acceptors (Lipinski definition) is 9. The number of aromatic nitrogens is 3. The lowest BCUT2D eigenvalue weighted by Crippen LogP contribution is -1.99. The average molecular weight is 606 g/mol. The van der Waals surface area contributed by atoms with Crippen molar-refractivity contribution in [3.63, 3.8) is 0 Å². The summed E-state index contributed by atoms with van der Waals surface area (Å²) < 4.78 is 36.9. The first kappa shape index (κ1) is 27.4. The highest BCUT2D eigenvalue weighted by molar-refractivity contribution is 7.18. The molecule has 0 bridgehead atoms. The first-order valence-corrected chi connectivity index (χ1v) is 14.6. The zero-order chi connectivity index (χ0) is 29.9. The van der Waals surface area contributed by atoms with Crippen molar-refractivity contribution in [1.29, 1.82) is 0 Å². The van der Waals surface area contributed by atoms with E-state index in [0.717, 1.165) is 33.8 Å². The lowest BCUT2D eigenvalue weighted by molar-refractivity contribution is 0.296. The van der Waals surface area contributed by atoms with Gasteiger partial charge in [-0.25, -0.2) is 9.50 Å². The molecule has 4 aromatic carbocycles. The van der Waals surface area contributed by atoms with E-state index in [9.17, 15) is 0 Å². The van der Waals surface area contributed by atoms with E-state index in [0.29, 0.717) is 51.9 Å². The Balaban J connectivity index is 1.05. The second-order valence-electron chi connectivity index (χ2n) is 9.86. The van der Waals surface area contributed by atoms with Crippen molar-refractivity contribution >= 4 is 27.3 Å². The van der Waals surface area contributed by atoms with Gasteiger partial charge < -0.3 is 28.1 Å². The highest BCUT2D eigenvalue weighted by atomic mass is 32.1. The second-order valence-corrected chi connectivity index (χ2v) is 10.8. The van der Waals surface area contributed by atoms with Gasteiger partial charge in [-0.1, -0.05) is 42.5 Å². The smallest absolute Gasteiger partial charge is 0.294 e. The van der Waals surface area contributed by atoms with Crippen molar-refractivity contribution < 1.29 is 28.1 Å². The Bertz CT molecular complexity index is 2020. The second kappa shape index (κ2) is 12.0. The summed E-state index contributed by atoms with van der Waals surface area (Å²) in [7, 11) is 3.20. The Morgan fingerprint density at radius 1 is 0.727 bits per heavy atom. The molecule has 0 aliphatic rings. The van der Waals surface area contributed by atoms with Crippen LogP contribution in [0.3, 0.4) is 0 Å². The molecule has 0 aliphatic heterocycles. The van der Waals surface area contributed by atoms with Gasteiger partial charge in [0.25, 0.3) is 5.19 Å². The van der Waals surface area contributed by atoms with Gasteiger partial charge in [-0.2, -0.15) is 0 Å². The number of benzene rings is 4. The predicted molar refractivity (Wildman–Crippen MR) is 167 cm³/mol. The van der Waals surface area contributed by atoms with Gasteiger partial charge in [0, 0.05) is 12.1 Å². The van der Waals surface area contributed by atoms with Gasteiger partial charge >= 0.3 is 0 Å². The van der Waals surface area contributed by atoms with E-state index in [1.807, 2.05) is 103 Å². The molecule has 0 amide bonds. The van der Waals surface area contributed by atoms with E-state index in [1.54, 1.807) is 18.7 Å². The first-order chi connectivity index (χ1) is 21.6. The van der Waals surface area contributed by atoms with Crippen LogP contribution in [0.15, 0.2) is 108 Å². The van der Waals surface area contributed by atoms with Gasteiger partial charge in [-0.3, -0.25) is 0 Å². The SMILES string of the molecule is COc1cc(OCc2cccc(OCc3cccc(Oc4ccccc4)c3)c2)c2cc(-c3cn4nc(OC)sc4n3)oc2c1. The molecule has 7 aromatic rings. The first-order valence-electron chi connectivity index (χ1n) is 13.8. The Kier molecular flexibility index (Phi) is 7.47. The molecule has 0 saturated carbocycles. The third-order valence-corrected chi connectivity index (χ3v) is 7.72. The lowest BCUT2D eigenvalue weighted by atomic mass is 10.2. The number of hydrogen-bond donors (Lipinski definition) is 0. The van der Waals surface area contributed by atoms with E-state index >= 15 is 0 Å². The van der Waals surface area contributed by atoms with Crippen LogP contribution in [0.5, 0.6) is 33.9 Å². The van der Waals surface area contributed by atoms with Crippen LogP contribution >= 0.6 is 11.3 Å². The van der Waals surface area contributed by atoms with Gasteiger partial charge in [-0.05, 0) is 64.9 Å². The maximum atomic E-state index is 6.30. The Labute approximate surface area is 256 Å². The van der Waals surface area contributed by atoms with Crippen LogP contribution in [0.1, 0.15) is 11.1 Å². The summed E-state index contributed by atoms with van der Waals surface area (Å²) in [5.41, 5.74) is 3.25. The van der Waals surface area contributed by atoms with Gasteiger partial charge in [0.05, 0.1) is 25.8 Å². The van der Waals surface area contributed by atoms with E-state index in [2.05, 4.69) is 10.1 Å². The molecule has 0 radical (unpaired) electrons. The highest BCUT2D eigenvalue weighted by Crippen LogP contribution is 2.38.